The van der Waals surface area contributed by atoms with Gasteiger partial charge in [0, 0.05) is 5.92 Å². The summed E-state index contributed by atoms with van der Waals surface area (Å²) in [5, 5.41) is 0. The van der Waals surface area contributed by atoms with Crippen LogP contribution in [0.5, 0.6) is 0 Å². The van der Waals surface area contributed by atoms with E-state index in [9.17, 15) is 4.79 Å². The molecule has 1 aliphatic rings. The van der Waals surface area contributed by atoms with E-state index < -0.39 is 0 Å². The van der Waals surface area contributed by atoms with E-state index in [0.29, 0.717) is 11.7 Å². The molecule has 0 aromatic heterocycles. The van der Waals surface area contributed by atoms with Gasteiger partial charge in [0.05, 0.1) is 0 Å². The normalized spacial score (nSPS) is 28.4. The van der Waals surface area contributed by atoms with Gasteiger partial charge in [-0.25, -0.2) is 0 Å². The third kappa shape index (κ3) is 1.70. The summed E-state index contributed by atoms with van der Waals surface area (Å²) in [5.74, 6) is 1.02. The van der Waals surface area contributed by atoms with Crippen molar-refractivity contribution in [3.05, 3.63) is 11.6 Å². The van der Waals surface area contributed by atoms with E-state index in [4.69, 9.17) is 0 Å². The molecule has 0 aliphatic heterocycles. The van der Waals surface area contributed by atoms with Gasteiger partial charge in [-0.15, -0.1) is 0 Å². The number of carbonyl (C=O) groups excluding carboxylic acids is 1. The Labute approximate surface area is 81.2 Å². The molecule has 0 saturated heterocycles. The topological polar surface area (TPSA) is 17.1 Å². The van der Waals surface area contributed by atoms with E-state index in [1.54, 1.807) is 6.92 Å². The molecule has 74 valence electrons. The first-order valence-electron chi connectivity index (χ1n) is 5.05. The van der Waals surface area contributed by atoms with Gasteiger partial charge >= 0.3 is 0 Å². The number of ketones is 1. The molecule has 0 aromatic carbocycles. The zero-order valence-electron chi connectivity index (χ0n) is 9.35. The minimum absolute atomic E-state index is 0.198. The van der Waals surface area contributed by atoms with Crippen molar-refractivity contribution in [2.24, 2.45) is 17.3 Å². The van der Waals surface area contributed by atoms with E-state index >= 15 is 0 Å². The Morgan fingerprint density at radius 2 is 2.15 bits per heavy atom. The van der Waals surface area contributed by atoms with Crippen molar-refractivity contribution in [2.75, 3.05) is 0 Å². The highest BCUT2D eigenvalue weighted by Gasteiger charge is 2.39. The van der Waals surface area contributed by atoms with Gasteiger partial charge in [-0.3, -0.25) is 4.79 Å². The first-order valence-corrected chi connectivity index (χ1v) is 5.05. The van der Waals surface area contributed by atoms with Crippen molar-refractivity contribution in [3.63, 3.8) is 0 Å². The van der Waals surface area contributed by atoms with Gasteiger partial charge in [-0.05, 0) is 31.6 Å². The number of carbonyl (C=O) groups is 1. The summed E-state index contributed by atoms with van der Waals surface area (Å²) in [5.41, 5.74) is 1.65. The van der Waals surface area contributed by atoms with Crippen molar-refractivity contribution < 1.29 is 4.79 Å². The van der Waals surface area contributed by atoms with Crippen molar-refractivity contribution in [2.45, 2.75) is 41.0 Å². The van der Waals surface area contributed by atoms with Crippen molar-refractivity contribution in [1.82, 2.24) is 0 Å². The molecule has 0 saturated carbocycles. The molecular weight excluding hydrogens is 160 g/mol. The highest BCUT2D eigenvalue weighted by atomic mass is 16.1. The second-order valence-corrected chi connectivity index (χ2v) is 4.85. The fourth-order valence-corrected chi connectivity index (χ4v) is 2.27. The van der Waals surface area contributed by atoms with E-state index in [1.165, 1.54) is 5.57 Å². The van der Waals surface area contributed by atoms with Gasteiger partial charge in [0.1, 0.15) is 5.78 Å². The molecule has 0 spiro atoms. The zero-order chi connectivity index (χ0) is 10.2. The van der Waals surface area contributed by atoms with Gasteiger partial charge in [0.25, 0.3) is 0 Å². The lowest BCUT2D eigenvalue weighted by molar-refractivity contribution is -0.122. The Hall–Kier alpha value is -0.590. The van der Waals surface area contributed by atoms with Crippen LogP contribution in [0.15, 0.2) is 11.6 Å². The molecular formula is C12H20O. The Kier molecular flexibility index (Phi) is 2.65. The van der Waals surface area contributed by atoms with Gasteiger partial charge in [-0.1, -0.05) is 32.4 Å². The average molecular weight is 180 g/mol. The van der Waals surface area contributed by atoms with Crippen LogP contribution in [0.2, 0.25) is 0 Å². The summed E-state index contributed by atoms with van der Waals surface area (Å²) in [6.45, 7) is 10.4. The smallest absolute Gasteiger partial charge is 0.132 e. The Balaban J connectivity index is 2.82. The lowest BCUT2D eigenvalue weighted by Gasteiger charge is -2.33. The molecule has 1 nitrogen and oxygen atoms in total. The SMILES string of the molecule is CC(=O)C(C)C1CC=C(C)C1(C)C. The van der Waals surface area contributed by atoms with Crippen LogP contribution in [0.4, 0.5) is 0 Å². The van der Waals surface area contributed by atoms with Crippen LogP contribution >= 0.6 is 0 Å². The molecule has 2 unspecified atom stereocenters. The first kappa shape index (κ1) is 10.5. The fourth-order valence-electron chi connectivity index (χ4n) is 2.27. The van der Waals surface area contributed by atoms with Crippen molar-refractivity contribution in [3.8, 4) is 0 Å². The Morgan fingerprint density at radius 3 is 2.46 bits per heavy atom. The maximum absolute atomic E-state index is 11.3. The third-order valence-electron chi connectivity index (χ3n) is 3.87. The third-order valence-corrected chi connectivity index (χ3v) is 3.87. The van der Waals surface area contributed by atoms with Gasteiger partial charge in [0.2, 0.25) is 0 Å². The number of hydrogen-bond acceptors (Lipinski definition) is 1. The molecule has 0 bridgehead atoms. The van der Waals surface area contributed by atoms with Crippen LogP contribution in [0.3, 0.4) is 0 Å². The summed E-state index contributed by atoms with van der Waals surface area (Å²) < 4.78 is 0. The van der Waals surface area contributed by atoms with Crippen LogP contribution in [-0.4, -0.2) is 5.78 Å². The van der Waals surface area contributed by atoms with Gasteiger partial charge in [0.15, 0.2) is 0 Å². The monoisotopic (exact) mass is 180 g/mol. The second kappa shape index (κ2) is 3.28. The van der Waals surface area contributed by atoms with Crippen LogP contribution < -0.4 is 0 Å². The molecule has 2 atom stereocenters. The molecule has 0 radical (unpaired) electrons. The van der Waals surface area contributed by atoms with Crippen LogP contribution in [-0.2, 0) is 4.79 Å². The highest BCUT2D eigenvalue weighted by molar-refractivity contribution is 5.78. The zero-order valence-corrected chi connectivity index (χ0v) is 9.35. The van der Waals surface area contributed by atoms with Crippen LogP contribution in [0.1, 0.15) is 41.0 Å². The second-order valence-electron chi connectivity index (χ2n) is 4.85. The molecule has 0 heterocycles. The first-order chi connectivity index (χ1) is 5.87. The fraction of sp³-hybridized carbons (Fsp3) is 0.750. The molecule has 0 N–H and O–H groups in total. The summed E-state index contributed by atoms with van der Waals surface area (Å²) >= 11 is 0. The van der Waals surface area contributed by atoms with Gasteiger partial charge in [-0.2, -0.15) is 0 Å². The molecule has 13 heavy (non-hydrogen) atoms. The summed E-state index contributed by atoms with van der Waals surface area (Å²) in [6, 6.07) is 0. The summed E-state index contributed by atoms with van der Waals surface area (Å²) in [7, 11) is 0. The minimum Gasteiger partial charge on any atom is -0.300 e. The molecule has 1 heteroatoms. The number of hydrogen-bond donors (Lipinski definition) is 0. The predicted molar refractivity (Wildman–Crippen MR) is 55.5 cm³/mol. The van der Waals surface area contributed by atoms with E-state index in [2.05, 4.69) is 33.8 Å². The minimum atomic E-state index is 0.198. The predicted octanol–water partition coefficient (Wildman–Crippen LogP) is 3.20. The van der Waals surface area contributed by atoms with Crippen LogP contribution in [0.25, 0.3) is 0 Å². The summed E-state index contributed by atoms with van der Waals surface area (Å²) in [6.07, 6.45) is 3.35. The maximum atomic E-state index is 11.3. The van der Waals surface area contributed by atoms with Crippen molar-refractivity contribution in [1.29, 1.82) is 0 Å². The lowest BCUT2D eigenvalue weighted by atomic mass is 9.71. The number of Topliss-reactive ketones (excluding diaryl/α,β-unsaturated/α-hetero) is 1. The number of allylic oxidation sites excluding steroid dienone is 2. The van der Waals surface area contributed by atoms with E-state index in [1.807, 2.05) is 0 Å². The summed E-state index contributed by atoms with van der Waals surface area (Å²) in [4.78, 5) is 11.3. The van der Waals surface area contributed by atoms with E-state index in [0.717, 1.165) is 6.42 Å². The molecule has 0 fully saturated rings. The molecule has 0 amide bonds. The van der Waals surface area contributed by atoms with Crippen molar-refractivity contribution >= 4 is 5.78 Å². The molecule has 0 aromatic rings. The molecule has 1 aliphatic carbocycles. The quantitative estimate of drug-likeness (QED) is 0.596. The van der Waals surface area contributed by atoms with E-state index in [-0.39, 0.29) is 11.3 Å². The standard InChI is InChI=1S/C12H20O/c1-8-6-7-11(12(8,4)5)9(2)10(3)13/h6,9,11H,7H2,1-5H3. The molecule has 1 rings (SSSR count). The largest absolute Gasteiger partial charge is 0.300 e. The number of rotatable bonds is 2. The Bertz CT molecular complexity index is 248. The maximum Gasteiger partial charge on any atom is 0.132 e. The Morgan fingerprint density at radius 1 is 1.62 bits per heavy atom. The lowest BCUT2D eigenvalue weighted by Crippen LogP contribution is -2.29. The highest BCUT2D eigenvalue weighted by Crippen LogP contribution is 2.46. The van der Waals surface area contributed by atoms with Gasteiger partial charge < -0.3 is 0 Å². The average Bonchev–Trinajstić information content (AvgIpc) is 2.26. The van der Waals surface area contributed by atoms with Crippen LogP contribution in [0, 0.1) is 17.3 Å².